The van der Waals surface area contributed by atoms with Gasteiger partial charge in [0, 0.05) is 24.3 Å². The van der Waals surface area contributed by atoms with Crippen LogP contribution in [0.1, 0.15) is 48.5 Å². The Labute approximate surface area is 106 Å². The molecule has 0 bridgehead atoms. The zero-order valence-electron chi connectivity index (χ0n) is 10.6. The molecule has 3 heteroatoms. The summed E-state index contributed by atoms with van der Waals surface area (Å²) in [6.07, 6.45) is 1.24. The van der Waals surface area contributed by atoms with Crippen LogP contribution in [-0.2, 0) is 6.42 Å². The highest BCUT2D eigenvalue weighted by molar-refractivity contribution is 5.97. The fraction of sp³-hybridized carbons (Fsp3) is 0.533. The van der Waals surface area contributed by atoms with Gasteiger partial charge in [-0.25, -0.2) is 8.78 Å². The standard InChI is InChI=1S/C15H18F2O/c1-2-11-3-5-12(6-4-11)14(18)13-7-9-15(16,17)10-8-13/h3-6,13H,2,7-10H2,1H3. The van der Waals surface area contributed by atoms with Gasteiger partial charge in [0.25, 0.3) is 0 Å². The van der Waals surface area contributed by atoms with Crippen LogP contribution in [0.4, 0.5) is 8.78 Å². The molecule has 1 saturated carbocycles. The normalized spacial score (nSPS) is 19.7. The molecule has 0 saturated heterocycles. The number of rotatable bonds is 3. The number of ketones is 1. The Morgan fingerprint density at radius 3 is 2.28 bits per heavy atom. The molecular formula is C15H18F2O. The molecule has 1 aliphatic rings. The topological polar surface area (TPSA) is 17.1 Å². The van der Waals surface area contributed by atoms with Crippen molar-refractivity contribution in [1.29, 1.82) is 0 Å². The van der Waals surface area contributed by atoms with E-state index in [4.69, 9.17) is 0 Å². The van der Waals surface area contributed by atoms with E-state index >= 15 is 0 Å². The SMILES string of the molecule is CCc1ccc(C(=O)C2CCC(F)(F)CC2)cc1. The molecule has 98 valence electrons. The molecule has 0 heterocycles. The molecule has 0 amide bonds. The average Bonchev–Trinajstić information content (AvgIpc) is 2.38. The maximum absolute atomic E-state index is 13.0. The number of carbonyl (C=O) groups is 1. The lowest BCUT2D eigenvalue weighted by molar-refractivity contribution is -0.0424. The molecule has 1 aromatic rings. The summed E-state index contributed by atoms with van der Waals surface area (Å²) in [5, 5.41) is 0. The number of halogens is 2. The number of aryl methyl sites for hydroxylation is 1. The number of carbonyl (C=O) groups excluding carboxylic acids is 1. The van der Waals surface area contributed by atoms with Crippen LogP contribution in [0, 0.1) is 5.92 Å². The van der Waals surface area contributed by atoms with E-state index in [0.717, 1.165) is 6.42 Å². The summed E-state index contributed by atoms with van der Waals surface area (Å²) in [5.41, 5.74) is 1.84. The lowest BCUT2D eigenvalue weighted by Gasteiger charge is -2.27. The molecule has 1 nitrogen and oxygen atoms in total. The van der Waals surface area contributed by atoms with Crippen LogP contribution in [0.5, 0.6) is 0 Å². The van der Waals surface area contributed by atoms with Gasteiger partial charge in [0.05, 0.1) is 0 Å². The minimum absolute atomic E-state index is 0.0214. The second-order valence-electron chi connectivity index (χ2n) is 5.04. The predicted molar refractivity (Wildman–Crippen MR) is 67.1 cm³/mol. The fourth-order valence-corrected chi connectivity index (χ4v) is 2.44. The van der Waals surface area contributed by atoms with E-state index < -0.39 is 5.92 Å². The first-order valence-electron chi connectivity index (χ1n) is 6.53. The van der Waals surface area contributed by atoms with Crippen molar-refractivity contribution in [3.63, 3.8) is 0 Å². The maximum Gasteiger partial charge on any atom is 0.248 e. The fourth-order valence-electron chi connectivity index (χ4n) is 2.44. The van der Waals surface area contributed by atoms with Crippen LogP contribution < -0.4 is 0 Å². The third-order valence-electron chi connectivity index (χ3n) is 3.73. The monoisotopic (exact) mass is 252 g/mol. The summed E-state index contributed by atoms with van der Waals surface area (Å²) in [4.78, 5) is 12.2. The Balaban J connectivity index is 2.03. The largest absolute Gasteiger partial charge is 0.294 e. The highest BCUT2D eigenvalue weighted by Crippen LogP contribution is 2.37. The van der Waals surface area contributed by atoms with Gasteiger partial charge in [-0.05, 0) is 24.8 Å². The Bertz CT molecular complexity index is 413. The van der Waals surface area contributed by atoms with Crippen LogP contribution in [0.2, 0.25) is 0 Å². The summed E-state index contributed by atoms with van der Waals surface area (Å²) >= 11 is 0. The Kier molecular flexibility index (Phi) is 3.79. The number of hydrogen-bond donors (Lipinski definition) is 0. The van der Waals surface area contributed by atoms with Gasteiger partial charge in [-0.15, -0.1) is 0 Å². The van der Waals surface area contributed by atoms with Crippen LogP contribution in [-0.4, -0.2) is 11.7 Å². The predicted octanol–water partition coefficient (Wildman–Crippen LogP) is 4.26. The lowest BCUT2D eigenvalue weighted by atomic mass is 9.82. The van der Waals surface area contributed by atoms with Crippen molar-refractivity contribution in [3.8, 4) is 0 Å². The number of hydrogen-bond acceptors (Lipinski definition) is 1. The number of benzene rings is 1. The molecular weight excluding hydrogens is 234 g/mol. The first-order valence-corrected chi connectivity index (χ1v) is 6.53. The van der Waals surface area contributed by atoms with Crippen LogP contribution in [0.25, 0.3) is 0 Å². The third-order valence-corrected chi connectivity index (χ3v) is 3.73. The molecule has 0 aromatic heterocycles. The molecule has 0 N–H and O–H groups in total. The molecule has 1 fully saturated rings. The maximum atomic E-state index is 13.0. The van der Waals surface area contributed by atoms with Crippen molar-refractivity contribution in [3.05, 3.63) is 35.4 Å². The first-order chi connectivity index (χ1) is 8.52. The van der Waals surface area contributed by atoms with Gasteiger partial charge in [0.1, 0.15) is 0 Å². The van der Waals surface area contributed by atoms with E-state index in [1.807, 2.05) is 24.3 Å². The Morgan fingerprint density at radius 2 is 1.78 bits per heavy atom. The van der Waals surface area contributed by atoms with Crippen LogP contribution in [0.3, 0.4) is 0 Å². The van der Waals surface area contributed by atoms with Crippen molar-refractivity contribution < 1.29 is 13.6 Å². The smallest absolute Gasteiger partial charge is 0.248 e. The van der Waals surface area contributed by atoms with E-state index in [2.05, 4.69) is 6.92 Å². The molecule has 0 radical (unpaired) electrons. The molecule has 0 aliphatic heterocycles. The zero-order chi connectivity index (χ0) is 13.2. The number of alkyl halides is 2. The lowest BCUT2D eigenvalue weighted by Crippen LogP contribution is -2.28. The zero-order valence-corrected chi connectivity index (χ0v) is 10.6. The van der Waals surface area contributed by atoms with Crippen LogP contribution in [0.15, 0.2) is 24.3 Å². The first kappa shape index (κ1) is 13.2. The minimum atomic E-state index is -2.57. The second kappa shape index (κ2) is 5.17. The summed E-state index contributed by atoms with van der Waals surface area (Å²) in [6, 6.07) is 7.50. The highest BCUT2D eigenvalue weighted by Gasteiger charge is 2.37. The van der Waals surface area contributed by atoms with Gasteiger partial charge in [-0.1, -0.05) is 31.2 Å². The van der Waals surface area contributed by atoms with Gasteiger partial charge < -0.3 is 0 Å². The molecule has 18 heavy (non-hydrogen) atoms. The van der Waals surface area contributed by atoms with Crippen LogP contribution >= 0.6 is 0 Å². The summed E-state index contributed by atoms with van der Waals surface area (Å²) in [7, 11) is 0. The molecule has 0 atom stereocenters. The van der Waals surface area contributed by atoms with Gasteiger partial charge in [-0.3, -0.25) is 4.79 Å². The van der Waals surface area contributed by atoms with E-state index in [-0.39, 0.29) is 24.5 Å². The van der Waals surface area contributed by atoms with E-state index in [1.54, 1.807) is 0 Å². The van der Waals surface area contributed by atoms with Crippen molar-refractivity contribution in [1.82, 2.24) is 0 Å². The van der Waals surface area contributed by atoms with E-state index in [0.29, 0.717) is 18.4 Å². The average molecular weight is 252 g/mol. The molecule has 1 aliphatic carbocycles. The van der Waals surface area contributed by atoms with Gasteiger partial charge in [0.2, 0.25) is 5.92 Å². The van der Waals surface area contributed by atoms with Crippen molar-refractivity contribution in [2.75, 3.05) is 0 Å². The quantitative estimate of drug-likeness (QED) is 0.735. The Morgan fingerprint density at radius 1 is 1.22 bits per heavy atom. The van der Waals surface area contributed by atoms with Crippen molar-refractivity contribution >= 4 is 5.78 Å². The minimum Gasteiger partial charge on any atom is -0.294 e. The second-order valence-corrected chi connectivity index (χ2v) is 5.04. The van der Waals surface area contributed by atoms with Gasteiger partial charge >= 0.3 is 0 Å². The molecule has 0 spiro atoms. The molecule has 2 rings (SSSR count). The van der Waals surface area contributed by atoms with Crippen molar-refractivity contribution in [2.45, 2.75) is 45.0 Å². The number of Topliss-reactive ketones (excluding diaryl/α,β-unsaturated/α-hetero) is 1. The van der Waals surface area contributed by atoms with E-state index in [1.165, 1.54) is 5.56 Å². The van der Waals surface area contributed by atoms with Gasteiger partial charge in [-0.2, -0.15) is 0 Å². The molecule has 1 aromatic carbocycles. The Hall–Kier alpha value is -1.25. The van der Waals surface area contributed by atoms with E-state index in [9.17, 15) is 13.6 Å². The third kappa shape index (κ3) is 2.95. The van der Waals surface area contributed by atoms with Gasteiger partial charge in [0.15, 0.2) is 5.78 Å². The van der Waals surface area contributed by atoms with Crippen molar-refractivity contribution in [2.24, 2.45) is 5.92 Å². The summed E-state index contributed by atoms with van der Waals surface area (Å²) in [6.45, 7) is 2.06. The summed E-state index contributed by atoms with van der Waals surface area (Å²) in [5.74, 6) is -2.77. The highest BCUT2D eigenvalue weighted by atomic mass is 19.3. The summed E-state index contributed by atoms with van der Waals surface area (Å²) < 4.78 is 26.1. The molecule has 0 unspecified atom stereocenters.